The smallest absolute Gasteiger partial charge is 0.225 e. The van der Waals surface area contributed by atoms with Gasteiger partial charge in [0, 0.05) is 32.0 Å². The second-order valence-corrected chi connectivity index (χ2v) is 8.12. The van der Waals surface area contributed by atoms with Crippen LogP contribution in [0.1, 0.15) is 37.1 Å². The van der Waals surface area contributed by atoms with Crippen LogP contribution in [0.5, 0.6) is 0 Å². The highest BCUT2D eigenvalue weighted by Crippen LogP contribution is 2.29. The summed E-state index contributed by atoms with van der Waals surface area (Å²) in [5.74, 6) is -0.0309. The number of fused-ring (bicyclic) bond motifs is 1. The van der Waals surface area contributed by atoms with Crippen molar-refractivity contribution in [3.05, 3.63) is 29.3 Å². The van der Waals surface area contributed by atoms with Crippen LogP contribution < -0.4 is 5.32 Å². The summed E-state index contributed by atoms with van der Waals surface area (Å²) >= 11 is 1.67. The average Bonchev–Trinajstić information content (AvgIpc) is 3.33. The second-order valence-electron chi connectivity index (χ2n) is 7.00. The monoisotopic (exact) mass is 357 g/mol. The first kappa shape index (κ1) is 16.5. The van der Waals surface area contributed by atoms with Crippen molar-refractivity contribution < 1.29 is 9.59 Å². The molecule has 25 heavy (non-hydrogen) atoms. The number of amides is 2. The largest absolute Gasteiger partial charge is 0.355 e. The van der Waals surface area contributed by atoms with Crippen LogP contribution in [0.15, 0.2) is 24.3 Å². The number of likely N-dealkylation sites (tertiary alicyclic amines) is 1. The van der Waals surface area contributed by atoms with Gasteiger partial charge in [0.05, 0.1) is 21.1 Å². The van der Waals surface area contributed by atoms with Crippen LogP contribution in [0.4, 0.5) is 0 Å². The van der Waals surface area contributed by atoms with E-state index in [1.54, 1.807) is 11.3 Å². The van der Waals surface area contributed by atoms with Crippen molar-refractivity contribution >= 4 is 33.4 Å². The first-order valence-corrected chi connectivity index (χ1v) is 9.94. The normalized spacial score (nSPS) is 21.4. The van der Waals surface area contributed by atoms with Crippen molar-refractivity contribution in [2.24, 2.45) is 5.92 Å². The highest BCUT2D eigenvalue weighted by atomic mass is 32.1. The molecule has 0 bridgehead atoms. The molecule has 2 heterocycles. The molecule has 1 N–H and O–H groups in total. The van der Waals surface area contributed by atoms with E-state index in [2.05, 4.69) is 16.4 Å². The van der Waals surface area contributed by atoms with E-state index in [9.17, 15) is 9.59 Å². The number of hydrogen-bond acceptors (Lipinski definition) is 4. The van der Waals surface area contributed by atoms with Crippen molar-refractivity contribution in [1.82, 2.24) is 15.2 Å². The van der Waals surface area contributed by atoms with Gasteiger partial charge in [0.15, 0.2) is 0 Å². The van der Waals surface area contributed by atoms with Gasteiger partial charge < -0.3 is 10.2 Å². The Kier molecular flexibility index (Phi) is 4.70. The van der Waals surface area contributed by atoms with Gasteiger partial charge in [-0.05, 0) is 25.0 Å². The molecule has 4 rings (SSSR count). The fourth-order valence-corrected chi connectivity index (χ4v) is 4.91. The Labute approximate surface area is 151 Å². The van der Waals surface area contributed by atoms with Crippen LogP contribution in [0.25, 0.3) is 10.2 Å². The molecule has 2 aliphatic rings. The molecule has 2 fully saturated rings. The van der Waals surface area contributed by atoms with Crippen LogP contribution in [-0.2, 0) is 16.0 Å². The lowest BCUT2D eigenvalue weighted by Gasteiger charge is -2.23. The lowest BCUT2D eigenvalue weighted by molar-refractivity contribution is -0.130. The summed E-state index contributed by atoms with van der Waals surface area (Å²) in [7, 11) is 0. The predicted molar refractivity (Wildman–Crippen MR) is 98.4 cm³/mol. The first-order valence-electron chi connectivity index (χ1n) is 9.12. The number of nitrogens with zero attached hydrogens (tertiary/aromatic N) is 2. The Bertz CT molecular complexity index is 749. The Morgan fingerprint density at radius 1 is 1.28 bits per heavy atom. The molecule has 1 aliphatic heterocycles. The molecule has 0 unspecified atom stereocenters. The van der Waals surface area contributed by atoms with Crippen molar-refractivity contribution in [3.63, 3.8) is 0 Å². The van der Waals surface area contributed by atoms with E-state index in [-0.39, 0.29) is 17.7 Å². The molecule has 132 valence electrons. The van der Waals surface area contributed by atoms with E-state index >= 15 is 0 Å². The van der Waals surface area contributed by atoms with E-state index in [1.807, 2.05) is 23.1 Å². The number of rotatable bonds is 5. The number of aromatic nitrogens is 1. The van der Waals surface area contributed by atoms with Gasteiger partial charge >= 0.3 is 0 Å². The number of nitrogens with one attached hydrogen (secondary N) is 1. The van der Waals surface area contributed by atoms with Gasteiger partial charge in [0.2, 0.25) is 11.8 Å². The molecule has 1 saturated heterocycles. The van der Waals surface area contributed by atoms with E-state index in [4.69, 9.17) is 0 Å². The fourth-order valence-electron chi connectivity index (χ4n) is 3.94. The van der Waals surface area contributed by atoms with Gasteiger partial charge in [-0.25, -0.2) is 4.98 Å². The van der Waals surface area contributed by atoms with Crippen LogP contribution in [0.3, 0.4) is 0 Å². The summed E-state index contributed by atoms with van der Waals surface area (Å²) in [6.07, 6.45) is 5.69. The van der Waals surface area contributed by atoms with E-state index < -0.39 is 0 Å². The standard InChI is InChI=1S/C19H23N3O2S/c23-18-11-13(12-22(18)14-5-1-2-6-14)19(24)20-10-9-17-21-15-7-3-4-8-16(15)25-17/h3-4,7-8,13-14H,1-2,5-6,9-12H2,(H,20,24)/t13-/m1/s1. The van der Waals surface area contributed by atoms with Crippen molar-refractivity contribution in [2.75, 3.05) is 13.1 Å². The zero-order valence-corrected chi connectivity index (χ0v) is 15.1. The van der Waals surface area contributed by atoms with Crippen molar-refractivity contribution in [1.29, 1.82) is 0 Å². The maximum absolute atomic E-state index is 12.4. The zero-order chi connectivity index (χ0) is 17.2. The summed E-state index contributed by atoms with van der Waals surface area (Å²) in [6.45, 7) is 1.17. The third-order valence-corrected chi connectivity index (χ3v) is 6.37. The van der Waals surface area contributed by atoms with E-state index in [0.29, 0.717) is 25.6 Å². The Morgan fingerprint density at radius 3 is 2.88 bits per heavy atom. The summed E-state index contributed by atoms with van der Waals surface area (Å²) < 4.78 is 1.18. The van der Waals surface area contributed by atoms with Gasteiger partial charge in [-0.15, -0.1) is 11.3 Å². The second kappa shape index (κ2) is 7.12. The van der Waals surface area contributed by atoms with Crippen LogP contribution in [0.2, 0.25) is 0 Å². The number of carbonyl (C=O) groups is 2. The number of para-hydroxylation sites is 1. The number of carbonyl (C=O) groups excluding carboxylic acids is 2. The van der Waals surface area contributed by atoms with E-state index in [0.717, 1.165) is 29.8 Å². The van der Waals surface area contributed by atoms with Gasteiger partial charge in [-0.3, -0.25) is 9.59 Å². The summed E-state index contributed by atoms with van der Waals surface area (Å²) in [5, 5.41) is 4.04. The summed E-state index contributed by atoms with van der Waals surface area (Å²) in [5.41, 5.74) is 1.02. The van der Waals surface area contributed by atoms with Crippen LogP contribution >= 0.6 is 11.3 Å². The lowest BCUT2D eigenvalue weighted by Crippen LogP contribution is -2.37. The first-order chi connectivity index (χ1) is 12.2. The maximum atomic E-state index is 12.4. The molecule has 1 saturated carbocycles. The number of hydrogen-bond donors (Lipinski definition) is 1. The highest BCUT2D eigenvalue weighted by Gasteiger charge is 2.38. The topological polar surface area (TPSA) is 62.3 Å². The van der Waals surface area contributed by atoms with Gasteiger partial charge in [-0.1, -0.05) is 25.0 Å². The van der Waals surface area contributed by atoms with Crippen molar-refractivity contribution in [2.45, 2.75) is 44.6 Å². The molecule has 1 atom stereocenters. The number of thiazole rings is 1. The third kappa shape index (κ3) is 3.54. The van der Waals surface area contributed by atoms with Gasteiger partial charge in [0.1, 0.15) is 0 Å². The molecule has 1 aromatic heterocycles. The highest BCUT2D eigenvalue weighted by molar-refractivity contribution is 7.18. The van der Waals surface area contributed by atoms with E-state index in [1.165, 1.54) is 17.5 Å². The molecule has 2 amide bonds. The molecule has 0 radical (unpaired) electrons. The molecule has 2 aromatic rings. The van der Waals surface area contributed by atoms with Gasteiger partial charge in [0.25, 0.3) is 0 Å². The quantitative estimate of drug-likeness (QED) is 0.895. The SMILES string of the molecule is O=C(NCCc1nc2ccccc2s1)[C@@H]1CC(=O)N(C2CCCC2)C1. The predicted octanol–water partition coefficient (Wildman–Crippen LogP) is 2.75. The minimum Gasteiger partial charge on any atom is -0.355 e. The Hall–Kier alpha value is -1.95. The molecule has 0 spiro atoms. The fraction of sp³-hybridized carbons (Fsp3) is 0.526. The average molecular weight is 357 g/mol. The molecular formula is C19H23N3O2S. The summed E-state index contributed by atoms with van der Waals surface area (Å²) in [6, 6.07) is 8.44. The minimum absolute atomic E-state index is 0.00922. The van der Waals surface area contributed by atoms with Crippen LogP contribution in [0, 0.1) is 5.92 Å². The third-order valence-electron chi connectivity index (χ3n) is 5.27. The Morgan fingerprint density at radius 2 is 2.08 bits per heavy atom. The molecular weight excluding hydrogens is 334 g/mol. The lowest BCUT2D eigenvalue weighted by atomic mass is 10.1. The van der Waals surface area contributed by atoms with Crippen molar-refractivity contribution in [3.8, 4) is 0 Å². The molecule has 1 aliphatic carbocycles. The minimum atomic E-state index is -0.191. The van der Waals surface area contributed by atoms with Crippen LogP contribution in [-0.4, -0.2) is 40.8 Å². The Balaban J connectivity index is 1.28. The number of benzene rings is 1. The molecule has 1 aromatic carbocycles. The maximum Gasteiger partial charge on any atom is 0.225 e. The molecule has 5 nitrogen and oxygen atoms in total. The summed E-state index contributed by atoms with van der Waals surface area (Å²) in [4.78, 5) is 31.2. The van der Waals surface area contributed by atoms with Gasteiger partial charge in [-0.2, -0.15) is 0 Å². The molecule has 6 heteroatoms. The zero-order valence-electron chi connectivity index (χ0n) is 14.2.